The molecule has 0 bridgehead atoms. The molecule has 33 heavy (non-hydrogen) atoms. The lowest BCUT2D eigenvalue weighted by Gasteiger charge is -2.49. The van der Waals surface area contributed by atoms with E-state index in [9.17, 15) is 18.0 Å². The lowest BCUT2D eigenvalue weighted by Crippen LogP contribution is -2.75. The zero-order valence-corrected chi connectivity index (χ0v) is 20.6. The Morgan fingerprint density at radius 1 is 1.03 bits per heavy atom. The summed E-state index contributed by atoms with van der Waals surface area (Å²) in [5, 5.41) is -1.21. The molecule has 4 rings (SSSR count). The second kappa shape index (κ2) is 8.83. The first-order valence-electron chi connectivity index (χ1n) is 10.4. The van der Waals surface area contributed by atoms with Gasteiger partial charge >= 0.3 is 5.97 Å². The number of esters is 1. The van der Waals surface area contributed by atoms with E-state index < -0.39 is 42.2 Å². The number of nitrogens with zero attached hydrogens (tertiary/aromatic N) is 1. The third-order valence-electron chi connectivity index (χ3n) is 6.16. The molecule has 0 aliphatic carbocycles. The summed E-state index contributed by atoms with van der Waals surface area (Å²) in [5.41, 5.74) is 4.39. The van der Waals surface area contributed by atoms with Crippen LogP contribution in [-0.2, 0) is 42.2 Å². The molecule has 2 saturated heterocycles. The fourth-order valence-corrected chi connectivity index (χ4v) is 7.81. The van der Waals surface area contributed by atoms with Crippen molar-refractivity contribution >= 4 is 37.6 Å². The standard InChI is InChI=1S/C23H25BrN2O6S/c1-22(2)18(19(27)31-13-16-9-5-3-6-10-16)26-20(28)23(24,21(26)33(22,29)30)15-25-32-14-17-11-7-4-8-12-17/h3-12,18,21,25H,13-15H2,1-2H3/t18-,21+,23+/m0/s1. The highest BCUT2D eigenvalue weighted by Gasteiger charge is 2.77. The van der Waals surface area contributed by atoms with Gasteiger partial charge in [-0.15, -0.1) is 0 Å². The maximum absolute atomic E-state index is 13.4. The normalized spacial score (nSPS) is 27.0. The third-order valence-corrected chi connectivity index (χ3v) is 10.4. The maximum Gasteiger partial charge on any atom is 0.330 e. The number of β-lactam (4-membered cyclic amide) rings is 1. The molecular weight excluding hydrogens is 512 g/mol. The predicted molar refractivity (Wildman–Crippen MR) is 125 cm³/mol. The third kappa shape index (κ3) is 3.99. The number of rotatable bonds is 8. The van der Waals surface area contributed by atoms with E-state index in [0.717, 1.165) is 16.0 Å². The van der Waals surface area contributed by atoms with E-state index in [0.29, 0.717) is 0 Å². The molecule has 3 atom stereocenters. The zero-order chi connectivity index (χ0) is 23.9. The van der Waals surface area contributed by atoms with Gasteiger partial charge in [0, 0.05) is 6.54 Å². The van der Waals surface area contributed by atoms with Crippen LogP contribution in [0, 0.1) is 0 Å². The number of alkyl halides is 1. The summed E-state index contributed by atoms with van der Waals surface area (Å²) in [6.07, 6.45) is 0. The van der Waals surface area contributed by atoms with Crippen LogP contribution in [0.1, 0.15) is 25.0 Å². The maximum atomic E-state index is 13.4. The molecule has 2 aromatic rings. The van der Waals surface area contributed by atoms with Gasteiger partial charge in [0.15, 0.2) is 19.5 Å². The summed E-state index contributed by atoms with van der Waals surface area (Å²) in [6.45, 7) is 3.07. The van der Waals surface area contributed by atoms with Crippen molar-refractivity contribution in [1.29, 1.82) is 0 Å². The van der Waals surface area contributed by atoms with Gasteiger partial charge < -0.3 is 9.64 Å². The number of hydrogen-bond donors (Lipinski definition) is 1. The van der Waals surface area contributed by atoms with Gasteiger partial charge in [0.25, 0.3) is 0 Å². The van der Waals surface area contributed by atoms with Gasteiger partial charge in [-0.05, 0) is 25.0 Å². The SMILES string of the molecule is CC1(C)[C@H](C(=O)OCc2ccccc2)N2C(=O)[C@](Br)(CNOCc3ccccc3)[C@H]2S1(=O)=O. The van der Waals surface area contributed by atoms with Gasteiger partial charge in [-0.1, -0.05) is 76.6 Å². The summed E-state index contributed by atoms with van der Waals surface area (Å²) in [5.74, 6) is -1.25. The fraction of sp³-hybridized carbons (Fsp3) is 0.391. The molecule has 8 nitrogen and oxygen atoms in total. The molecule has 1 amide bonds. The highest BCUT2D eigenvalue weighted by Crippen LogP contribution is 2.54. The van der Waals surface area contributed by atoms with E-state index in [1.807, 2.05) is 48.5 Å². The monoisotopic (exact) mass is 536 g/mol. The van der Waals surface area contributed by atoms with Crippen LogP contribution in [0.3, 0.4) is 0 Å². The number of benzene rings is 2. The molecule has 2 fully saturated rings. The van der Waals surface area contributed by atoms with E-state index in [1.165, 1.54) is 13.8 Å². The minimum atomic E-state index is -3.91. The molecule has 0 aromatic heterocycles. The Labute approximate surface area is 201 Å². The average molecular weight is 537 g/mol. The number of nitrogens with one attached hydrogen (secondary N) is 1. The molecule has 0 saturated carbocycles. The largest absolute Gasteiger partial charge is 0.459 e. The molecule has 176 valence electrons. The first-order valence-corrected chi connectivity index (χ1v) is 12.8. The van der Waals surface area contributed by atoms with Crippen molar-refractivity contribution < 1.29 is 27.6 Å². The van der Waals surface area contributed by atoms with Crippen LogP contribution < -0.4 is 5.48 Å². The van der Waals surface area contributed by atoms with Gasteiger partial charge in [0.1, 0.15) is 17.4 Å². The van der Waals surface area contributed by atoms with Crippen molar-refractivity contribution in [2.45, 2.75) is 47.5 Å². The number of amides is 1. The lowest BCUT2D eigenvalue weighted by atomic mass is 9.91. The molecule has 0 unspecified atom stereocenters. The topological polar surface area (TPSA) is 102 Å². The van der Waals surface area contributed by atoms with Gasteiger partial charge in [-0.3, -0.25) is 9.63 Å². The first kappa shape index (κ1) is 23.9. The zero-order valence-electron chi connectivity index (χ0n) is 18.2. The molecule has 0 spiro atoms. The van der Waals surface area contributed by atoms with E-state index in [-0.39, 0.29) is 19.8 Å². The number of fused-ring (bicyclic) bond motifs is 1. The molecule has 2 aliphatic heterocycles. The van der Waals surface area contributed by atoms with Crippen molar-refractivity contribution in [3.8, 4) is 0 Å². The Kier molecular flexibility index (Phi) is 6.38. The van der Waals surface area contributed by atoms with Crippen molar-refractivity contribution in [3.63, 3.8) is 0 Å². The van der Waals surface area contributed by atoms with Crippen molar-refractivity contribution in [2.24, 2.45) is 0 Å². The van der Waals surface area contributed by atoms with Crippen LogP contribution in [-0.4, -0.2) is 52.2 Å². The van der Waals surface area contributed by atoms with Gasteiger partial charge in [-0.25, -0.2) is 18.7 Å². The van der Waals surface area contributed by atoms with Crippen LogP contribution in [0.4, 0.5) is 0 Å². The number of ether oxygens (including phenoxy) is 1. The quantitative estimate of drug-likeness (QED) is 0.181. The highest BCUT2D eigenvalue weighted by molar-refractivity contribution is 9.10. The number of hydroxylamine groups is 1. The van der Waals surface area contributed by atoms with Crippen LogP contribution in [0.25, 0.3) is 0 Å². The molecule has 2 aromatic carbocycles. The number of carbonyl (C=O) groups excluding carboxylic acids is 2. The Morgan fingerprint density at radius 3 is 2.15 bits per heavy atom. The lowest BCUT2D eigenvalue weighted by molar-refractivity contribution is -0.165. The number of sulfone groups is 1. The molecule has 0 radical (unpaired) electrons. The predicted octanol–water partition coefficient (Wildman–Crippen LogP) is 2.33. The smallest absolute Gasteiger partial charge is 0.330 e. The summed E-state index contributed by atoms with van der Waals surface area (Å²) in [4.78, 5) is 32.6. The number of halogens is 1. The molecule has 1 N–H and O–H groups in total. The Morgan fingerprint density at radius 2 is 1.58 bits per heavy atom. The van der Waals surface area contributed by atoms with Crippen molar-refractivity contribution in [1.82, 2.24) is 10.4 Å². The van der Waals surface area contributed by atoms with Crippen LogP contribution in [0.15, 0.2) is 60.7 Å². The summed E-state index contributed by atoms with van der Waals surface area (Å²) in [7, 11) is -3.91. The second-order valence-corrected chi connectivity index (χ2v) is 12.7. The second-order valence-electron chi connectivity index (χ2n) is 8.67. The van der Waals surface area contributed by atoms with E-state index in [4.69, 9.17) is 9.57 Å². The first-order chi connectivity index (χ1) is 15.6. The van der Waals surface area contributed by atoms with Crippen molar-refractivity contribution in [3.05, 3.63) is 71.8 Å². The average Bonchev–Trinajstić information content (AvgIpc) is 2.96. The van der Waals surface area contributed by atoms with E-state index in [2.05, 4.69) is 21.4 Å². The molecular formula is C23H25BrN2O6S. The fourth-order valence-electron chi connectivity index (χ4n) is 4.24. The minimum Gasteiger partial charge on any atom is -0.459 e. The van der Waals surface area contributed by atoms with E-state index >= 15 is 0 Å². The molecule has 2 heterocycles. The Balaban J connectivity index is 1.46. The van der Waals surface area contributed by atoms with Gasteiger partial charge in [0.05, 0.1) is 6.61 Å². The van der Waals surface area contributed by atoms with Crippen LogP contribution in [0.2, 0.25) is 0 Å². The summed E-state index contributed by atoms with van der Waals surface area (Å²) in [6, 6.07) is 17.2. The van der Waals surface area contributed by atoms with Gasteiger partial charge in [-0.2, -0.15) is 0 Å². The Bertz CT molecular complexity index is 1140. The summed E-state index contributed by atoms with van der Waals surface area (Å²) < 4.78 is 29.2. The number of hydrogen-bond acceptors (Lipinski definition) is 7. The van der Waals surface area contributed by atoms with Gasteiger partial charge in [0.2, 0.25) is 5.91 Å². The van der Waals surface area contributed by atoms with Crippen LogP contribution >= 0.6 is 15.9 Å². The van der Waals surface area contributed by atoms with E-state index in [1.54, 1.807) is 12.1 Å². The Hall–Kier alpha value is -2.27. The minimum absolute atomic E-state index is 0.00661. The van der Waals surface area contributed by atoms with Crippen molar-refractivity contribution in [2.75, 3.05) is 6.54 Å². The highest BCUT2D eigenvalue weighted by atomic mass is 79.9. The molecule has 2 aliphatic rings. The number of carbonyl (C=O) groups is 2. The molecule has 10 heteroatoms. The van der Waals surface area contributed by atoms with Crippen LogP contribution in [0.5, 0.6) is 0 Å². The summed E-state index contributed by atoms with van der Waals surface area (Å²) >= 11 is 3.34.